The van der Waals surface area contributed by atoms with Gasteiger partial charge in [0.05, 0.1) is 37.2 Å². The zero-order chi connectivity index (χ0) is 37.8. The number of amides is 3. The van der Waals surface area contributed by atoms with E-state index >= 15 is 0 Å². The third kappa shape index (κ3) is 7.28. The molecule has 0 aromatic heterocycles. The number of urea groups is 1. The number of allylic oxidation sites excluding steroid dienone is 1. The van der Waals surface area contributed by atoms with Crippen molar-refractivity contribution in [3.63, 3.8) is 0 Å². The molecule has 1 spiro atoms. The molecule has 3 amide bonds. The molecule has 15 heteroatoms. The number of aryl methyl sites for hydroxylation is 1. The molecule has 2 aliphatic carbocycles. The van der Waals surface area contributed by atoms with Gasteiger partial charge < -0.3 is 24.0 Å². The highest BCUT2D eigenvalue weighted by molar-refractivity contribution is 7.92. The van der Waals surface area contributed by atoms with Crippen LogP contribution in [0.4, 0.5) is 23.7 Å². The lowest BCUT2D eigenvalue weighted by atomic mass is 9.68. The van der Waals surface area contributed by atoms with Crippen LogP contribution in [0.1, 0.15) is 60.5 Å². The van der Waals surface area contributed by atoms with Crippen LogP contribution in [0.3, 0.4) is 0 Å². The lowest BCUT2D eigenvalue weighted by Gasteiger charge is -2.49. The van der Waals surface area contributed by atoms with Crippen LogP contribution in [0.2, 0.25) is 5.02 Å². The average Bonchev–Trinajstić information content (AvgIpc) is 3.21. The second-order valence-electron chi connectivity index (χ2n) is 15.4. The molecular formula is C38H46ClF3N4O6S. The van der Waals surface area contributed by atoms with Gasteiger partial charge in [0.15, 0.2) is 5.60 Å². The summed E-state index contributed by atoms with van der Waals surface area (Å²) in [6.45, 7) is 2.05. The number of likely N-dealkylation sites (tertiary alicyclic amines) is 1. The number of benzene rings is 2. The highest BCUT2D eigenvalue weighted by atomic mass is 35.5. The molecular weight excluding hydrogens is 733 g/mol. The number of hydrogen-bond donors (Lipinski definition) is 1. The molecule has 2 aromatic rings. The Morgan fingerprint density at radius 2 is 1.92 bits per heavy atom. The molecule has 3 aliphatic heterocycles. The monoisotopic (exact) mass is 778 g/mol. The number of methoxy groups -OCH3 is 2. The zero-order valence-corrected chi connectivity index (χ0v) is 31.7. The summed E-state index contributed by atoms with van der Waals surface area (Å²) in [4.78, 5) is 30.3. The molecule has 1 N–H and O–H groups in total. The second kappa shape index (κ2) is 14.4. The van der Waals surface area contributed by atoms with E-state index in [0.29, 0.717) is 42.8 Å². The molecule has 2 fully saturated rings. The van der Waals surface area contributed by atoms with Crippen LogP contribution in [-0.4, -0.2) is 91.7 Å². The van der Waals surface area contributed by atoms with Crippen molar-refractivity contribution in [3.05, 3.63) is 70.3 Å². The first kappa shape index (κ1) is 38.0. The fourth-order valence-electron chi connectivity index (χ4n) is 8.71. The Kier molecular flexibility index (Phi) is 10.3. The van der Waals surface area contributed by atoms with Gasteiger partial charge >= 0.3 is 12.2 Å². The number of carbonyl (C=O) groups excluding carboxylic acids is 2. The van der Waals surface area contributed by atoms with Gasteiger partial charge in [-0.1, -0.05) is 36.7 Å². The minimum atomic E-state index is -4.71. The first-order valence-corrected chi connectivity index (χ1v) is 20.2. The van der Waals surface area contributed by atoms with Crippen LogP contribution in [0.5, 0.6) is 5.75 Å². The van der Waals surface area contributed by atoms with Gasteiger partial charge in [-0.15, -0.1) is 4.36 Å². The predicted octanol–water partition coefficient (Wildman–Crippen LogP) is 6.95. The lowest BCUT2D eigenvalue weighted by molar-refractivity contribution is -0.303. The molecule has 1 unspecified atom stereocenters. The Bertz CT molecular complexity index is 1910. The normalized spacial score (nSPS) is 31.8. The summed E-state index contributed by atoms with van der Waals surface area (Å²) in [5.41, 5.74) is 0.462. The summed E-state index contributed by atoms with van der Waals surface area (Å²) in [7, 11) is -1.17. The lowest BCUT2D eigenvalue weighted by Crippen LogP contribution is -2.72. The highest BCUT2D eigenvalue weighted by Gasteiger charge is 2.64. The first-order valence-electron chi connectivity index (χ1n) is 18.1. The summed E-state index contributed by atoms with van der Waals surface area (Å²) in [5, 5.41) is 0.697. The number of fused-ring (bicyclic) bond motifs is 4. The van der Waals surface area contributed by atoms with Crippen LogP contribution in [0.15, 0.2) is 52.9 Å². The molecule has 2 bridgehead atoms. The Morgan fingerprint density at radius 3 is 2.62 bits per heavy atom. The van der Waals surface area contributed by atoms with Gasteiger partial charge in [0.25, 0.3) is 5.91 Å². The van der Waals surface area contributed by atoms with E-state index < -0.39 is 46.7 Å². The maximum atomic E-state index is 14.4. The van der Waals surface area contributed by atoms with Crippen LogP contribution in [-0.2, 0) is 31.2 Å². The maximum absolute atomic E-state index is 14.4. The largest absolute Gasteiger partial charge is 0.490 e. The van der Waals surface area contributed by atoms with Crippen molar-refractivity contribution >= 4 is 39.1 Å². The number of rotatable bonds is 3. The van der Waals surface area contributed by atoms with E-state index in [1.807, 2.05) is 31.2 Å². The maximum Gasteiger partial charge on any atom is 0.420 e. The molecule has 3 heterocycles. The van der Waals surface area contributed by atoms with Crippen molar-refractivity contribution < 1.29 is 41.2 Å². The van der Waals surface area contributed by atoms with Gasteiger partial charge in [-0.25, -0.2) is 9.00 Å². The van der Waals surface area contributed by atoms with Crippen molar-refractivity contribution in [2.75, 3.05) is 57.7 Å². The van der Waals surface area contributed by atoms with Gasteiger partial charge in [-0.3, -0.25) is 9.52 Å². The number of ether oxygens (including phenoxy) is 3. The molecule has 6 atom stereocenters. The summed E-state index contributed by atoms with van der Waals surface area (Å²) in [5.74, 6) is -0.130. The molecule has 5 aliphatic rings. The topological polar surface area (TPSA) is 110 Å². The van der Waals surface area contributed by atoms with Gasteiger partial charge in [-0.05, 0) is 97.7 Å². The molecule has 2 aromatic carbocycles. The number of carbonyl (C=O) groups is 2. The smallest absolute Gasteiger partial charge is 0.420 e. The fourth-order valence-corrected chi connectivity index (χ4v) is 10.8. The van der Waals surface area contributed by atoms with E-state index in [4.69, 9.17) is 25.8 Å². The highest BCUT2D eigenvalue weighted by Crippen LogP contribution is 2.47. The SMILES string of the molecule is CO[C@H]1/C=C\C[C@H](C)CS(=O)(NC(=O)N2CC(OC)(C(F)(F)F)C2)=NC(=O)c2ccc3c(c2)N(C[C@@H]2CC[C@H]21)C[C@@]1(CCCc2cc(Cl)ccc21)CO3. The van der Waals surface area contributed by atoms with Crippen molar-refractivity contribution in [1.82, 2.24) is 9.62 Å². The summed E-state index contributed by atoms with van der Waals surface area (Å²) < 4.78 is 79.2. The summed E-state index contributed by atoms with van der Waals surface area (Å²) >= 11 is 6.43. The minimum absolute atomic E-state index is 0.147. The second-order valence-corrected chi connectivity index (χ2v) is 17.9. The fraction of sp³-hybridized carbons (Fsp3) is 0.579. The van der Waals surface area contributed by atoms with Crippen LogP contribution >= 0.6 is 11.6 Å². The van der Waals surface area contributed by atoms with Crippen LogP contribution in [0, 0.1) is 17.8 Å². The number of nitrogens with zero attached hydrogens (tertiary/aromatic N) is 3. The third-order valence-electron chi connectivity index (χ3n) is 11.8. The summed E-state index contributed by atoms with van der Waals surface area (Å²) in [6.07, 6.45) is 4.44. The minimum Gasteiger partial charge on any atom is -0.490 e. The number of hydrogen-bond acceptors (Lipinski definition) is 7. The molecule has 7 rings (SSSR count). The van der Waals surface area contributed by atoms with E-state index in [1.165, 1.54) is 11.1 Å². The Morgan fingerprint density at radius 1 is 1.13 bits per heavy atom. The van der Waals surface area contributed by atoms with Gasteiger partial charge in [0.1, 0.15) is 15.7 Å². The Hall–Kier alpha value is -3.33. The third-order valence-corrected chi connectivity index (χ3v) is 14.1. The Balaban J connectivity index is 1.26. The molecule has 53 heavy (non-hydrogen) atoms. The van der Waals surface area contributed by atoms with Crippen LogP contribution in [0.25, 0.3) is 0 Å². The van der Waals surface area contributed by atoms with Crippen LogP contribution < -0.4 is 14.4 Å². The number of alkyl halides is 3. The number of halogens is 4. The van der Waals surface area contributed by atoms with E-state index in [2.05, 4.69) is 20.1 Å². The first-order chi connectivity index (χ1) is 25.2. The van der Waals surface area contributed by atoms with E-state index in [0.717, 1.165) is 49.8 Å². The van der Waals surface area contributed by atoms with E-state index in [1.54, 1.807) is 25.3 Å². The van der Waals surface area contributed by atoms with Crippen molar-refractivity contribution in [2.45, 2.75) is 68.7 Å². The molecule has 288 valence electrons. The zero-order valence-electron chi connectivity index (χ0n) is 30.1. The van der Waals surface area contributed by atoms with Crippen molar-refractivity contribution in [3.8, 4) is 5.75 Å². The number of anilines is 1. The van der Waals surface area contributed by atoms with Crippen molar-refractivity contribution in [1.29, 1.82) is 0 Å². The molecule has 10 nitrogen and oxygen atoms in total. The molecule has 1 saturated carbocycles. The Labute approximate surface area is 313 Å². The van der Waals surface area contributed by atoms with Gasteiger partial charge in [-0.2, -0.15) is 13.2 Å². The number of nitrogens with one attached hydrogen (secondary N) is 1. The molecule has 0 radical (unpaired) electrons. The van der Waals surface area contributed by atoms with Crippen molar-refractivity contribution in [2.24, 2.45) is 22.1 Å². The summed E-state index contributed by atoms with van der Waals surface area (Å²) in [6, 6.07) is 10.1. The van der Waals surface area contributed by atoms with Gasteiger partial charge in [0, 0.05) is 43.3 Å². The standard InChI is InChI=1S/C38H46ClF3N4O6S/c1-24-6-4-8-32(50-2)29-12-9-27(29)18-45-20-36(15-5-7-25-16-28(39)11-13-30(25)36)23-52-33-14-10-26(17-31(33)45)34(47)43-53(49,19-24)44-35(48)46-21-37(22-46,51-3)38(40,41)42/h4,8,10-11,13-14,16-17,24,27,29,32H,5-7,9,12,15,18-23H2,1-3H3,(H,43,44,47,48,49)/b8-4-/t24-,27-,29+,32-,36-,53?/m0/s1. The quantitative estimate of drug-likeness (QED) is 0.336. The van der Waals surface area contributed by atoms with E-state index in [-0.39, 0.29) is 34.7 Å². The van der Waals surface area contributed by atoms with E-state index in [9.17, 15) is 27.0 Å². The predicted molar refractivity (Wildman–Crippen MR) is 196 cm³/mol. The molecule has 1 saturated heterocycles. The average molecular weight is 779 g/mol. The van der Waals surface area contributed by atoms with Gasteiger partial charge in [0.2, 0.25) is 0 Å².